The largest absolute Gasteiger partial charge is 0.433 e. The van der Waals surface area contributed by atoms with Crippen molar-refractivity contribution in [3.8, 4) is 0 Å². The first-order valence-electron chi connectivity index (χ1n) is 9.56. The number of halogens is 3. The van der Waals surface area contributed by atoms with E-state index in [9.17, 15) is 18.0 Å². The molecule has 1 saturated carbocycles. The van der Waals surface area contributed by atoms with Gasteiger partial charge in [0.25, 0.3) is 0 Å². The van der Waals surface area contributed by atoms with E-state index < -0.39 is 11.9 Å². The van der Waals surface area contributed by atoms with Crippen molar-refractivity contribution < 1.29 is 18.0 Å². The quantitative estimate of drug-likeness (QED) is 0.753. The summed E-state index contributed by atoms with van der Waals surface area (Å²) in [5.74, 6) is 1.36. The van der Waals surface area contributed by atoms with Crippen molar-refractivity contribution in [3.63, 3.8) is 0 Å². The third-order valence-corrected chi connectivity index (χ3v) is 5.66. The molecule has 1 aliphatic carbocycles. The van der Waals surface area contributed by atoms with E-state index in [4.69, 9.17) is 0 Å². The molecule has 0 bridgehead atoms. The van der Waals surface area contributed by atoms with Crippen molar-refractivity contribution in [2.45, 2.75) is 12.6 Å². The average Bonchev–Trinajstić information content (AvgIpc) is 3.15. The molecule has 2 fully saturated rings. The lowest BCUT2D eigenvalue weighted by molar-refractivity contribution is -0.141. The molecule has 0 unspecified atom stereocenters. The van der Waals surface area contributed by atoms with Crippen LogP contribution in [-0.4, -0.2) is 35.5 Å². The highest BCUT2D eigenvalue weighted by Gasteiger charge is 2.55. The van der Waals surface area contributed by atoms with Crippen LogP contribution in [0.1, 0.15) is 17.7 Å². The number of fused-ring (bicyclic) bond motifs is 1. The number of nitrogens with zero attached hydrogens (tertiary/aromatic N) is 3. The lowest BCUT2D eigenvalue weighted by atomic mass is 10.2. The predicted octanol–water partition coefficient (Wildman–Crippen LogP) is 3.40. The first kappa shape index (κ1) is 19.4. The molecular formula is C21H21F3N4O. The smallest absolute Gasteiger partial charge is 0.371 e. The zero-order valence-electron chi connectivity index (χ0n) is 15.6. The predicted molar refractivity (Wildman–Crippen MR) is 103 cm³/mol. The van der Waals surface area contributed by atoms with Gasteiger partial charge in [-0.2, -0.15) is 13.2 Å². The first-order chi connectivity index (χ1) is 13.9. The molecule has 2 aromatic rings. The Balaban J connectivity index is 1.20. The molecule has 29 heavy (non-hydrogen) atoms. The Morgan fingerprint density at radius 1 is 1.24 bits per heavy atom. The van der Waals surface area contributed by atoms with Crippen LogP contribution < -0.4 is 10.2 Å². The standard InChI is InChI=1S/C21H21F3N4O/c22-21(23,24)19-10-15(5-8-26-19)28-12-17-16(18(17)13-28)6-9-27-20(29)4-3-14-2-1-7-25-11-14/h1-5,7-8,10-11,16-18H,6,9,12-13H2,(H,27,29)/b4-3+/t16-,17-,18+. The molecule has 3 heterocycles. The molecule has 0 radical (unpaired) electrons. The number of carbonyl (C=O) groups excluding carboxylic acids is 1. The highest BCUT2D eigenvalue weighted by molar-refractivity contribution is 5.91. The number of amides is 1. The average molecular weight is 402 g/mol. The van der Waals surface area contributed by atoms with Crippen LogP contribution >= 0.6 is 0 Å². The van der Waals surface area contributed by atoms with E-state index in [1.54, 1.807) is 24.5 Å². The Bertz CT molecular complexity index is 888. The van der Waals surface area contributed by atoms with Crippen molar-refractivity contribution in [3.05, 3.63) is 60.2 Å². The molecule has 1 aliphatic heterocycles. The highest BCUT2D eigenvalue weighted by Crippen LogP contribution is 2.54. The van der Waals surface area contributed by atoms with Gasteiger partial charge in [0.1, 0.15) is 5.69 Å². The molecule has 2 aromatic heterocycles. The van der Waals surface area contributed by atoms with Crippen molar-refractivity contribution in [2.24, 2.45) is 17.8 Å². The number of rotatable bonds is 6. The molecule has 0 spiro atoms. The second-order valence-corrected chi connectivity index (χ2v) is 7.49. The maximum Gasteiger partial charge on any atom is 0.433 e. The Labute approximate surface area is 166 Å². The summed E-state index contributed by atoms with van der Waals surface area (Å²) in [5.41, 5.74) is 0.588. The van der Waals surface area contributed by atoms with Crippen LogP contribution in [0.3, 0.4) is 0 Å². The molecule has 5 nitrogen and oxygen atoms in total. The topological polar surface area (TPSA) is 58.1 Å². The Morgan fingerprint density at radius 2 is 2.03 bits per heavy atom. The molecule has 3 atom stereocenters. The number of aromatic nitrogens is 2. The van der Waals surface area contributed by atoms with Crippen molar-refractivity contribution in [2.75, 3.05) is 24.5 Å². The van der Waals surface area contributed by atoms with Crippen molar-refractivity contribution in [1.29, 1.82) is 0 Å². The zero-order valence-corrected chi connectivity index (χ0v) is 15.6. The third kappa shape index (κ3) is 4.58. The monoisotopic (exact) mass is 402 g/mol. The van der Waals surface area contributed by atoms with Gasteiger partial charge >= 0.3 is 6.18 Å². The van der Waals surface area contributed by atoms with Gasteiger partial charge in [0.15, 0.2) is 0 Å². The minimum atomic E-state index is -4.43. The number of nitrogens with one attached hydrogen (secondary N) is 1. The van der Waals surface area contributed by atoms with Gasteiger partial charge in [-0.05, 0) is 54.0 Å². The van der Waals surface area contributed by atoms with Crippen LogP contribution in [0.5, 0.6) is 0 Å². The molecule has 8 heteroatoms. The summed E-state index contributed by atoms with van der Waals surface area (Å²) >= 11 is 0. The van der Waals surface area contributed by atoms with Crippen LogP contribution in [0, 0.1) is 17.8 Å². The number of piperidine rings is 1. The SMILES string of the molecule is O=C(/C=C/c1cccnc1)NCC[C@@H]1[C@H]2CN(c3ccnc(C(F)(F)F)c3)C[C@@H]12. The molecule has 152 valence electrons. The molecule has 1 saturated heterocycles. The number of carbonyl (C=O) groups is 1. The van der Waals surface area contributed by atoms with E-state index in [2.05, 4.69) is 15.3 Å². The van der Waals surface area contributed by atoms with Crippen LogP contribution in [0.2, 0.25) is 0 Å². The van der Waals surface area contributed by atoms with E-state index >= 15 is 0 Å². The fourth-order valence-corrected chi connectivity index (χ4v) is 4.13. The van der Waals surface area contributed by atoms with Gasteiger partial charge in [-0.15, -0.1) is 0 Å². The Morgan fingerprint density at radius 3 is 2.72 bits per heavy atom. The maximum absolute atomic E-state index is 12.8. The van der Waals surface area contributed by atoms with Gasteiger partial charge in [-0.3, -0.25) is 14.8 Å². The summed E-state index contributed by atoms with van der Waals surface area (Å²) < 4.78 is 38.5. The molecule has 2 aliphatic rings. The zero-order chi connectivity index (χ0) is 20.4. The van der Waals surface area contributed by atoms with Crippen molar-refractivity contribution in [1.82, 2.24) is 15.3 Å². The number of pyridine rings is 2. The summed E-state index contributed by atoms with van der Waals surface area (Å²) in [4.78, 5) is 21.3. The van der Waals surface area contributed by atoms with Crippen LogP contribution in [0.25, 0.3) is 6.08 Å². The summed E-state index contributed by atoms with van der Waals surface area (Å²) in [6.45, 7) is 2.11. The van der Waals surface area contributed by atoms with Gasteiger partial charge < -0.3 is 10.2 Å². The van der Waals surface area contributed by atoms with E-state index in [0.717, 1.165) is 31.1 Å². The number of hydrogen-bond acceptors (Lipinski definition) is 4. The molecular weight excluding hydrogens is 381 g/mol. The van der Waals surface area contributed by atoms with Gasteiger partial charge in [0.05, 0.1) is 0 Å². The van der Waals surface area contributed by atoms with Gasteiger partial charge in [-0.25, -0.2) is 0 Å². The van der Waals surface area contributed by atoms with Gasteiger partial charge in [-0.1, -0.05) is 6.07 Å². The highest BCUT2D eigenvalue weighted by atomic mass is 19.4. The molecule has 1 N–H and O–H groups in total. The van der Waals surface area contributed by atoms with E-state index in [-0.39, 0.29) is 5.91 Å². The Kier molecular flexibility index (Phi) is 5.25. The fraction of sp³-hybridized carbons (Fsp3) is 0.381. The third-order valence-electron chi connectivity index (χ3n) is 5.66. The summed E-state index contributed by atoms with van der Waals surface area (Å²) in [7, 11) is 0. The number of anilines is 1. The normalized spacial score (nSPS) is 23.3. The first-order valence-corrected chi connectivity index (χ1v) is 9.56. The summed E-state index contributed by atoms with van der Waals surface area (Å²) in [6, 6.07) is 6.43. The minimum absolute atomic E-state index is 0.141. The number of hydrogen-bond donors (Lipinski definition) is 1. The van der Waals surface area contributed by atoms with E-state index in [0.29, 0.717) is 30.0 Å². The van der Waals surface area contributed by atoms with Crippen molar-refractivity contribution >= 4 is 17.7 Å². The number of alkyl halides is 3. The van der Waals surface area contributed by atoms with E-state index in [1.807, 2.05) is 17.0 Å². The van der Waals surface area contributed by atoms with Crippen LogP contribution in [-0.2, 0) is 11.0 Å². The lowest BCUT2D eigenvalue weighted by Gasteiger charge is -2.22. The van der Waals surface area contributed by atoms with E-state index in [1.165, 1.54) is 12.3 Å². The summed E-state index contributed by atoms with van der Waals surface area (Å²) in [5, 5.41) is 2.89. The van der Waals surface area contributed by atoms with Gasteiger partial charge in [0, 0.05) is 50.0 Å². The van der Waals surface area contributed by atoms with Crippen LogP contribution in [0.4, 0.5) is 18.9 Å². The van der Waals surface area contributed by atoms with Gasteiger partial charge in [0.2, 0.25) is 5.91 Å². The second-order valence-electron chi connectivity index (χ2n) is 7.49. The maximum atomic E-state index is 12.8. The lowest BCUT2D eigenvalue weighted by Crippen LogP contribution is -2.27. The second kappa shape index (κ2) is 7.85. The molecule has 1 amide bonds. The molecule has 0 aromatic carbocycles. The Hall–Kier alpha value is -2.90. The van der Waals surface area contributed by atoms with Crippen LogP contribution in [0.15, 0.2) is 48.9 Å². The molecule has 4 rings (SSSR count). The fourth-order valence-electron chi connectivity index (χ4n) is 4.13. The summed E-state index contributed by atoms with van der Waals surface area (Å²) in [6.07, 6.45) is 4.25. The minimum Gasteiger partial charge on any atom is -0.371 e.